The summed E-state index contributed by atoms with van der Waals surface area (Å²) < 4.78 is 7.05. The summed E-state index contributed by atoms with van der Waals surface area (Å²) in [5, 5.41) is 4.04. The van der Waals surface area contributed by atoms with Gasteiger partial charge in [-0.3, -0.25) is 4.68 Å². The van der Waals surface area contributed by atoms with E-state index in [1.54, 1.807) is 13.1 Å². The highest BCUT2D eigenvalue weighted by Gasteiger charge is 2.09. The van der Waals surface area contributed by atoms with E-state index in [-0.39, 0.29) is 6.01 Å². The van der Waals surface area contributed by atoms with Crippen molar-refractivity contribution in [2.45, 2.75) is 0 Å². The molecule has 0 fully saturated rings. The number of hydrazine groups is 1. The Labute approximate surface area is 120 Å². The summed E-state index contributed by atoms with van der Waals surface area (Å²) in [7, 11) is 1.75. The van der Waals surface area contributed by atoms with Crippen LogP contribution in [0.4, 0.5) is 5.82 Å². The molecule has 0 aliphatic heterocycles. The molecule has 8 nitrogen and oxygen atoms in total. The molecule has 3 aromatic rings. The highest BCUT2D eigenvalue weighted by Crippen LogP contribution is 2.23. The summed E-state index contributed by atoms with van der Waals surface area (Å²) in [6.45, 7) is 0. The minimum atomic E-state index is 0.207. The van der Waals surface area contributed by atoms with Crippen LogP contribution in [0, 0.1) is 0 Å². The van der Waals surface area contributed by atoms with Gasteiger partial charge in [0, 0.05) is 18.7 Å². The lowest BCUT2D eigenvalue weighted by Gasteiger charge is -2.07. The molecule has 0 amide bonds. The molecule has 106 valence electrons. The normalized spacial score (nSPS) is 10.4. The molecule has 0 spiro atoms. The first-order chi connectivity index (χ1) is 10.2. The van der Waals surface area contributed by atoms with Crippen LogP contribution >= 0.6 is 0 Å². The number of ether oxygens (including phenoxy) is 1. The average molecular weight is 283 g/mol. The van der Waals surface area contributed by atoms with Crippen LogP contribution in [0.25, 0.3) is 11.4 Å². The Morgan fingerprint density at radius 2 is 2.00 bits per heavy atom. The Hall–Kier alpha value is -3.00. The number of nitrogens with zero attached hydrogens (tertiary/aromatic N) is 5. The van der Waals surface area contributed by atoms with Gasteiger partial charge in [0.05, 0.1) is 0 Å². The van der Waals surface area contributed by atoms with E-state index < -0.39 is 0 Å². The summed E-state index contributed by atoms with van der Waals surface area (Å²) in [6.07, 6.45) is 1.54. The zero-order valence-corrected chi connectivity index (χ0v) is 11.3. The Bertz CT molecular complexity index is 741. The van der Waals surface area contributed by atoms with E-state index in [1.165, 1.54) is 11.0 Å². The predicted octanol–water partition coefficient (Wildman–Crippen LogP) is 1.35. The monoisotopic (exact) mass is 283 g/mol. The molecule has 0 aliphatic rings. The summed E-state index contributed by atoms with van der Waals surface area (Å²) in [5.74, 6) is 6.68. The fourth-order valence-electron chi connectivity index (χ4n) is 1.73. The number of anilines is 1. The molecule has 0 unspecified atom stereocenters. The highest BCUT2D eigenvalue weighted by molar-refractivity contribution is 5.58. The van der Waals surface area contributed by atoms with Gasteiger partial charge >= 0.3 is 6.01 Å². The third kappa shape index (κ3) is 2.95. The molecule has 0 bridgehead atoms. The molecule has 21 heavy (non-hydrogen) atoms. The maximum Gasteiger partial charge on any atom is 0.342 e. The fraction of sp³-hybridized carbons (Fsp3) is 0.0769. The average Bonchev–Trinajstić information content (AvgIpc) is 2.93. The zero-order chi connectivity index (χ0) is 14.7. The SMILES string of the molecule is Cn1cnc(Oc2cc(NN)nc(-c3ccccc3)n2)n1. The lowest BCUT2D eigenvalue weighted by molar-refractivity contribution is 0.422. The third-order valence-corrected chi connectivity index (χ3v) is 2.66. The van der Waals surface area contributed by atoms with Gasteiger partial charge in [0.25, 0.3) is 0 Å². The van der Waals surface area contributed by atoms with Gasteiger partial charge in [0.2, 0.25) is 5.88 Å². The Kier molecular flexibility index (Phi) is 3.44. The maximum atomic E-state index is 5.51. The molecule has 0 atom stereocenters. The van der Waals surface area contributed by atoms with E-state index in [2.05, 4.69) is 25.5 Å². The second kappa shape index (κ2) is 5.55. The van der Waals surface area contributed by atoms with Crippen LogP contribution in [0.2, 0.25) is 0 Å². The van der Waals surface area contributed by atoms with Crippen molar-refractivity contribution in [2.24, 2.45) is 12.9 Å². The van der Waals surface area contributed by atoms with Gasteiger partial charge in [-0.1, -0.05) is 30.3 Å². The number of nitrogen functional groups attached to an aromatic ring is 1. The smallest absolute Gasteiger partial charge is 0.342 e. The van der Waals surface area contributed by atoms with E-state index in [0.29, 0.717) is 17.5 Å². The van der Waals surface area contributed by atoms with Crippen LogP contribution in [0.15, 0.2) is 42.7 Å². The molecule has 0 aliphatic carbocycles. The predicted molar refractivity (Wildman–Crippen MR) is 76.4 cm³/mol. The van der Waals surface area contributed by atoms with E-state index in [4.69, 9.17) is 10.6 Å². The van der Waals surface area contributed by atoms with Crippen molar-refractivity contribution in [3.63, 3.8) is 0 Å². The summed E-state index contributed by atoms with van der Waals surface area (Å²) >= 11 is 0. The van der Waals surface area contributed by atoms with Crippen LogP contribution in [-0.4, -0.2) is 24.7 Å². The van der Waals surface area contributed by atoms with Crippen LogP contribution in [0.1, 0.15) is 0 Å². The van der Waals surface area contributed by atoms with Crippen molar-refractivity contribution in [2.75, 3.05) is 5.43 Å². The van der Waals surface area contributed by atoms with Crippen molar-refractivity contribution in [3.8, 4) is 23.3 Å². The molecule has 3 N–H and O–H groups in total. The molecule has 2 heterocycles. The first-order valence-electron chi connectivity index (χ1n) is 6.19. The zero-order valence-electron chi connectivity index (χ0n) is 11.3. The minimum Gasteiger partial charge on any atom is -0.404 e. The molecular weight excluding hydrogens is 270 g/mol. The van der Waals surface area contributed by atoms with Crippen molar-refractivity contribution >= 4 is 5.82 Å². The van der Waals surface area contributed by atoms with Crippen molar-refractivity contribution < 1.29 is 4.74 Å². The number of aryl methyl sites for hydroxylation is 1. The van der Waals surface area contributed by atoms with Gasteiger partial charge < -0.3 is 10.2 Å². The van der Waals surface area contributed by atoms with E-state index in [9.17, 15) is 0 Å². The largest absolute Gasteiger partial charge is 0.404 e. The highest BCUT2D eigenvalue weighted by atomic mass is 16.5. The standard InChI is InChI=1S/C13H13N7O/c1-20-8-15-13(19-20)21-11-7-10(18-14)16-12(17-11)9-5-3-2-4-6-9/h2-8H,14H2,1H3,(H,16,17,18). The van der Waals surface area contributed by atoms with Crippen molar-refractivity contribution in [1.82, 2.24) is 24.7 Å². The summed E-state index contributed by atoms with van der Waals surface area (Å²) in [4.78, 5) is 12.6. The first kappa shape index (κ1) is 13.0. The molecule has 0 saturated carbocycles. The van der Waals surface area contributed by atoms with Crippen LogP contribution in [-0.2, 0) is 7.05 Å². The summed E-state index contributed by atoms with van der Waals surface area (Å²) in [5.41, 5.74) is 3.35. The van der Waals surface area contributed by atoms with Crippen molar-refractivity contribution in [1.29, 1.82) is 0 Å². The number of hydrogen-bond acceptors (Lipinski definition) is 7. The number of aromatic nitrogens is 5. The molecule has 0 saturated heterocycles. The van der Waals surface area contributed by atoms with Gasteiger partial charge in [-0.2, -0.15) is 9.97 Å². The minimum absolute atomic E-state index is 0.207. The molecule has 1 aromatic carbocycles. The van der Waals surface area contributed by atoms with Crippen LogP contribution in [0.5, 0.6) is 11.9 Å². The third-order valence-electron chi connectivity index (χ3n) is 2.66. The van der Waals surface area contributed by atoms with Crippen molar-refractivity contribution in [3.05, 3.63) is 42.7 Å². The molecule has 3 rings (SSSR count). The van der Waals surface area contributed by atoms with Gasteiger partial charge in [-0.05, 0) is 0 Å². The molecular formula is C13H13N7O. The second-order valence-electron chi connectivity index (χ2n) is 4.23. The number of nitrogens with two attached hydrogens (primary N) is 1. The van der Waals surface area contributed by atoms with Gasteiger partial charge in [0.1, 0.15) is 12.1 Å². The number of nitrogens with one attached hydrogen (secondary N) is 1. The number of benzene rings is 1. The van der Waals surface area contributed by atoms with Gasteiger partial charge in [-0.15, -0.1) is 5.10 Å². The Morgan fingerprint density at radius 3 is 2.67 bits per heavy atom. The first-order valence-corrected chi connectivity index (χ1v) is 6.19. The van der Waals surface area contributed by atoms with Crippen LogP contribution in [0.3, 0.4) is 0 Å². The molecule has 8 heteroatoms. The lowest BCUT2D eigenvalue weighted by atomic mass is 10.2. The maximum absolute atomic E-state index is 5.51. The lowest BCUT2D eigenvalue weighted by Crippen LogP contribution is -2.10. The number of hydrogen-bond donors (Lipinski definition) is 2. The fourth-order valence-corrected chi connectivity index (χ4v) is 1.73. The van der Waals surface area contributed by atoms with E-state index in [0.717, 1.165) is 5.56 Å². The van der Waals surface area contributed by atoms with E-state index in [1.807, 2.05) is 30.3 Å². The molecule has 2 aromatic heterocycles. The second-order valence-corrected chi connectivity index (χ2v) is 4.23. The number of rotatable bonds is 4. The van der Waals surface area contributed by atoms with Gasteiger partial charge in [-0.25, -0.2) is 10.8 Å². The Balaban J connectivity index is 1.97. The quantitative estimate of drug-likeness (QED) is 0.550. The summed E-state index contributed by atoms with van der Waals surface area (Å²) in [6, 6.07) is 11.3. The Morgan fingerprint density at radius 1 is 1.19 bits per heavy atom. The van der Waals surface area contributed by atoms with Gasteiger partial charge in [0.15, 0.2) is 5.82 Å². The van der Waals surface area contributed by atoms with E-state index >= 15 is 0 Å². The van der Waals surface area contributed by atoms with Crippen LogP contribution < -0.4 is 16.0 Å². The molecule has 0 radical (unpaired) electrons. The topological polar surface area (TPSA) is 104 Å².